The third-order valence-electron chi connectivity index (χ3n) is 1.90. The number of aromatic nitrogens is 3. The number of hydrogen-bond donors (Lipinski definition) is 1. The molecule has 0 aromatic carbocycles. The van der Waals surface area contributed by atoms with E-state index in [0.717, 1.165) is 18.2 Å². The number of aliphatic hydroxyl groups is 1. The lowest BCUT2D eigenvalue weighted by atomic mass is 10.1. The molecule has 0 bridgehead atoms. The van der Waals surface area contributed by atoms with Gasteiger partial charge in [-0.15, -0.1) is 0 Å². The Bertz CT molecular complexity index is 286. The van der Waals surface area contributed by atoms with Gasteiger partial charge in [-0.2, -0.15) is 5.10 Å². The Kier molecular flexibility index (Phi) is 2.71. The fourth-order valence-corrected chi connectivity index (χ4v) is 1.15. The van der Waals surface area contributed by atoms with Crippen molar-refractivity contribution in [3.63, 3.8) is 0 Å². The molecular weight excluding hydrogens is 166 g/mol. The smallest absolute Gasteiger partial charge is 0.147 e. The minimum absolute atomic E-state index is 0.633. The van der Waals surface area contributed by atoms with Gasteiger partial charge in [-0.25, -0.2) is 4.98 Å². The van der Waals surface area contributed by atoms with Crippen molar-refractivity contribution in [3.8, 4) is 0 Å². The van der Waals surface area contributed by atoms with Crippen LogP contribution in [0.1, 0.15) is 31.9 Å². The van der Waals surface area contributed by atoms with Crippen LogP contribution in [0.25, 0.3) is 0 Å². The zero-order valence-electron chi connectivity index (χ0n) is 8.70. The molecular formula is C9H17N3O. The van der Waals surface area contributed by atoms with Gasteiger partial charge >= 0.3 is 0 Å². The summed E-state index contributed by atoms with van der Waals surface area (Å²) in [5.74, 6) is 1.69. The molecule has 1 N–H and O–H groups in total. The van der Waals surface area contributed by atoms with E-state index in [2.05, 4.69) is 10.1 Å². The first-order chi connectivity index (χ1) is 5.88. The summed E-state index contributed by atoms with van der Waals surface area (Å²) in [6, 6.07) is 0. The van der Waals surface area contributed by atoms with Crippen LogP contribution in [0.5, 0.6) is 0 Å². The van der Waals surface area contributed by atoms with Gasteiger partial charge in [-0.3, -0.25) is 4.68 Å². The van der Waals surface area contributed by atoms with E-state index in [9.17, 15) is 5.11 Å². The molecule has 1 rings (SSSR count). The minimum Gasteiger partial charge on any atom is -0.390 e. The SMILES string of the molecule is Cc1nc(C)n(CCC(C)(C)O)n1. The number of rotatable bonds is 3. The summed E-state index contributed by atoms with van der Waals surface area (Å²) in [6.45, 7) is 8.10. The topological polar surface area (TPSA) is 50.9 Å². The molecule has 0 aliphatic carbocycles. The van der Waals surface area contributed by atoms with Crippen molar-refractivity contribution in [3.05, 3.63) is 11.6 Å². The predicted molar refractivity (Wildman–Crippen MR) is 50.4 cm³/mol. The summed E-state index contributed by atoms with van der Waals surface area (Å²) in [7, 11) is 0. The van der Waals surface area contributed by atoms with Crippen LogP contribution >= 0.6 is 0 Å². The van der Waals surface area contributed by atoms with Crippen molar-refractivity contribution >= 4 is 0 Å². The van der Waals surface area contributed by atoms with Crippen LogP contribution < -0.4 is 0 Å². The Morgan fingerprint density at radius 3 is 2.38 bits per heavy atom. The molecule has 0 atom stereocenters. The highest BCUT2D eigenvalue weighted by molar-refractivity contribution is 4.87. The van der Waals surface area contributed by atoms with Gasteiger partial charge in [0.2, 0.25) is 0 Å². The van der Waals surface area contributed by atoms with Gasteiger partial charge in [-0.05, 0) is 34.1 Å². The standard InChI is InChI=1S/C9H17N3O/c1-7-10-8(2)12(11-7)6-5-9(3,4)13/h13H,5-6H2,1-4H3. The van der Waals surface area contributed by atoms with E-state index >= 15 is 0 Å². The van der Waals surface area contributed by atoms with Gasteiger partial charge in [0.25, 0.3) is 0 Å². The van der Waals surface area contributed by atoms with Crippen LogP contribution in [0.3, 0.4) is 0 Å². The van der Waals surface area contributed by atoms with Crippen molar-refractivity contribution in [1.82, 2.24) is 14.8 Å². The molecule has 0 aliphatic heterocycles. The highest BCUT2D eigenvalue weighted by Crippen LogP contribution is 2.09. The average Bonchev–Trinajstić information content (AvgIpc) is 2.24. The molecule has 0 saturated carbocycles. The molecule has 4 nitrogen and oxygen atoms in total. The maximum Gasteiger partial charge on any atom is 0.147 e. The van der Waals surface area contributed by atoms with Gasteiger partial charge in [-0.1, -0.05) is 0 Å². The Balaban J connectivity index is 2.59. The van der Waals surface area contributed by atoms with Crippen molar-refractivity contribution in [1.29, 1.82) is 0 Å². The average molecular weight is 183 g/mol. The minimum atomic E-state index is -0.633. The van der Waals surface area contributed by atoms with Gasteiger partial charge < -0.3 is 5.11 Å². The molecule has 1 aromatic rings. The zero-order valence-corrected chi connectivity index (χ0v) is 8.70. The summed E-state index contributed by atoms with van der Waals surface area (Å²) >= 11 is 0. The van der Waals surface area contributed by atoms with E-state index in [-0.39, 0.29) is 0 Å². The largest absolute Gasteiger partial charge is 0.390 e. The Morgan fingerprint density at radius 1 is 1.38 bits per heavy atom. The summed E-state index contributed by atoms with van der Waals surface area (Å²) in [6.07, 6.45) is 0.691. The van der Waals surface area contributed by atoms with Gasteiger partial charge in [0.1, 0.15) is 11.6 Å². The second kappa shape index (κ2) is 3.46. The quantitative estimate of drug-likeness (QED) is 0.762. The van der Waals surface area contributed by atoms with Crippen LogP contribution in [-0.2, 0) is 6.54 Å². The molecule has 0 unspecified atom stereocenters. The molecule has 1 aromatic heterocycles. The van der Waals surface area contributed by atoms with Crippen molar-refractivity contribution in [2.45, 2.75) is 46.3 Å². The Morgan fingerprint density at radius 2 is 2.00 bits per heavy atom. The molecule has 0 fully saturated rings. The third kappa shape index (κ3) is 3.14. The fourth-order valence-electron chi connectivity index (χ4n) is 1.15. The molecule has 4 heteroatoms. The van der Waals surface area contributed by atoms with Crippen molar-refractivity contribution in [2.24, 2.45) is 0 Å². The second-order valence-corrected chi connectivity index (χ2v) is 3.99. The number of hydrogen-bond acceptors (Lipinski definition) is 3. The summed E-state index contributed by atoms with van der Waals surface area (Å²) in [4.78, 5) is 4.18. The first-order valence-electron chi connectivity index (χ1n) is 4.49. The second-order valence-electron chi connectivity index (χ2n) is 3.99. The number of aryl methyl sites for hydroxylation is 3. The van der Waals surface area contributed by atoms with Crippen LogP contribution in [0, 0.1) is 13.8 Å². The van der Waals surface area contributed by atoms with E-state index in [0.29, 0.717) is 6.42 Å². The maximum atomic E-state index is 9.52. The highest BCUT2D eigenvalue weighted by Gasteiger charge is 2.13. The molecule has 0 amide bonds. The lowest BCUT2D eigenvalue weighted by Gasteiger charge is -2.16. The van der Waals surface area contributed by atoms with E-state index in [1.165, 1.54) is 0 Å². The summed E-state index contributed by atoms with van der Waals surface area (Å²) in [5, 5.41) is 13.7. The van der Waals surface area contributed by atoms with Crippen LogP contribution in [0.2, 0.25) is 0 Å². The lowest BCUT2D eigenvalue weighted by molar-refractivity contribution is 0.0648. The van der Waals surface area contributed by atoms with E-state index < -0.39 is 5.60 Å². The van der Waals surface area contributed by atoms with Crippen molar-refractivity contribution in [2.75, 3.05) is 0 Å². The molecule has 0 saturated heterocycles. The lowest BCUT2D eigenvalue weighted by Crippen LogP contribution is -2.21. The normalized spacial score (nSPS) is 12.1. The zero-order chi connectivity index (χ0) is 10.1. The highest BCUT2D eigenvalue weighted by atomic mass is 16.3. The monoisotopic (exact) mass is 183 g/mol. The third-order valence-corrected chi connectivity index (χ3v) is 1.90. The first-order valence-corrected chi connectivity index (χ1v) is 4.49. The molecule has 0 radical (unpaired) electrons. The van der Waals surface area contributed by atoms with Crippen LogP contribution in [0.15, 0.2) is 0 Å². The molecule has 0 aliphatic rings. The van der Waals surface area contributed by atoms with Gasteiger partial charge in [0, 0.05) is 6.54 Å². The van der Waals surface area contributed by atoms with E-state index in [1.54, 1.807) is 13.8 Å². The molecule has 13 heavy (non-hydrogen) atoms. The molecule has 74 valence electrons. The first kappa shape index (κ1) is 10.2. The van der Waals surface area contributed by atoms with Gasteiger partial charge in [0.15, 0.2) is 0 Å². The maximum absolute atomic E-state index is 9.52. The van der Waals surface area contributed by atoms with E-state index in [4.69, 9.17) is 0 Å². The van der Waals surface area contributed by atoms with Gasteiger partial charge in [0.05, 0.1) is 5.60 Å². The van der Waals surface area contributed by atoms with E-state index in [1.807, 2.05) is 18.5 Å². The molecule has 1 heterocycles. The Labute approximate surface area is 78.6 Å². The fraction of sp³-hybridized carbons (Fsp3) is 0.778. The van der Waals surface area contributed by atoms with Crippen LogP contribution in [-0.4, -0.2) is 25.5 Å². The summed E-state index contributed by atoms with van der Waals surface area (Å²) in [5.41, 5.74) is -0.633. The van der Waals surface area contributed by atoms with Crippen LogP contribution in [0.4, 0.5) is 0 Å². The Hall–Kier alpha value is -0.900. The van der Waals surface area contributed by atoms with Crippen molar-refractivity contribution < 1.29 is 5.11 Å². The number of nitrogens with zero attached hydrogens (tertiary/aromatic N) is 3. The molecule has 0 spiro atoms. The summed E-state index contributed by atoms with van der Waals surface area (Å²) < 4.78 is 1.83. The predicted octanol–water partition coefficient (Wildman–Crippen LogP) is 1.06.